The van der Waals surface area contributed by atoms with E-state index in [0.29, 0.717) is 22.9 Å². The summed E-state index contributed by atoms with van der Waals surface area (Å²) in [6.45, 7) is 4.10. The van der Waals surface area contributed by atoms with Gasteiger partial charge in [-0.3, -0.25) is 9.59 Å². The van der Waals surface area contributed by atoms with Crippen molar-refractivity contribution in [3.05, 3.63) is 28.8 Å². The third-order valence-electron chi connectivity index (χ3n) is 2.69. The lowest BCUT2D eigenvalue weighted by Gasteiger charge is -2.21. The fourth-order valence-electron chi connectivity index (χ4n) is 1.70. The standard InChI is InChI=1S/C14H18ClNO4/c1-4-16(9-13(17)20-5-2)14(18)11-7-6-10(15)8-12(11)19-3/h6-8H,4-5,9H2,1-3H3. The molecule has 0 radical (unpaired) electrons. The molecule has 0 bridgehead atoms. The molecule has 0 unspecified atom stereocenters. The first kappa shape index (κ1) is 16.3. The molecule has 1 aromatic carbocycles. The smallest absolute Gasteiger partial charge is 0.325 e. The zero-order chi connectivity index (χ0) is 15.1. The fourth-order valence-corrected chi connectivity index (χ4v) is 1.86. The number of carbonyl (C=O) groups excluding carboxylic acids is 2. The molecule has 0 aromatic heterocycles. The summed E-state index contributed by atoms with van der Waals surface area (Å²) in [5.41, 5.74) is 0.364. The summed E-state index contributed by atoms with van der Waals surface area (Å²) in [7, 11) is 1.46. The number of hydrogen-bond donors (Lipinski definition) is 0. The predicted molar refractivity (Wildman–Crippen MR) is 76.2 cm³/mol. The molecule has 1 amide bonds. The molecule has 1 rings (SSSR count). The molecule has 0 spiro atoms. The number of amides is 1. The molecule has 20 heavy (non-hydrogen) atoms. The highest BCUT2D eigenvalue weighted by atomic mass is 35.5. The van der Waals surface area contributed by atoms with Gasteiger partial charge in [-0.05, 0) is 32.0 Å². The van der Waals surface area contributed by atoms with E-state index in [1.54, 1.807) is 32.0 Å². The summed E-state index contributed by atoms with van der Waals surface area (Å²) in [6, 6.07) is 4.75. The topological polar surface area (TPSA) is 55.8 Å². The molecule has 0 saturated carbocycles. The van der Waals surface area contributed by atoms with Gasteiger partial charge in [-0.2, -0.15) is 0 Å². The lowest BCUT2D eigenvalue weighted by molar-refractivity contribution is -0.143. The molecule has 0 fully saturated rings. The molecule has 0 aliphatic rings. The first-order chi connectivity index (χ1) is 9.53. The van der Waals surface area contributed by atoms with Crippen LogP contribution in [0.2, 0.25) is 5.02 Å². The molecule has 6 heteroatoms. The highest BCUT2D eigenvalue weighted by molar-refractivity contribution is 6.30. The van der Waals surface area contributed by atoms with E-state index in [9.17, 15) is 9.59 Å². The van der Waals surface area contributed by atoms with Crippen molar-refractivity contribution in [2.75, 3.05) is 26.8 Å². The van der Waals surface area contributed by atoms with Crippen molar-refractivity contribution in [1.82, 2.24) is 4.90 Å². The number of ether oxygens (including phenoxy) is 2. The first-order valence-electron chi connectivity index (χ1n) is 6.31. The minimum Gasteiger partial charge on any atom is -0.496 e. The summed E-state index contributed by atoms with van der Waals surface area (Å²) < 4.78 is 10.00. The van der Waals surface area contributed by atoms with E-state index in [1.807, 2.05) is 0 Å². The quantitative estimate of drug-likeness (QED) is 0.757. The normalized spacial score (nSPS) is 10.0. The van der Waals surface area contributed by atoms with Crippen molar-refractivity contribution < 1.29 is 19.1 Å². The van der Waals surface area contributed by atoms with Gasteiger partial charge in [-0.15, -0.1) is 0 Å². The third-order valence-corrected chi connectivity index (χ3v) is 2.92. The lowest BCUT2D eigenvalue weighted by Crippen LogP contribution is -2.36. The van der Waals surface area contributed by atoms with Crippen molar-refractivity contribution in [1.29, 1.82) is 0 Å². The van der Waals surface area contributed by atoms with Gasteiger partial charge >= 0.3 is 5.97 Å². The molecule has 0 aliphatic heterocycles. The Bertz CT molecular complexity index is 490. The maximum Gasteiger partial charge on any atom is 0.325 e. The van der Waals surface area contributed by atoms with Gasteiger partial charge in [0.2, 0.25) is 0 Å². The van der Waals surface area contributed by atoms with Gasteiger partial charge in [0.05, 0.1) is 19.3 Å². The molecule has 1 aromatic rings. The van der Waals surface area contributed by atoms with Gasteiger partial charge in [0.1, 0.15) is 12.3 Å². The molecule has 0 aliphatic carbocycles. The van der Waals surface area contributed by atoms with Gasteiger partial charge in [0, 0.05) is 11.6 Å². The summed E-state index contributed by atoms with van der Waals surface area (Å²) >= 11 is 5.86. The molecule has 0 N–H and O–H groups in total. The van der Waals surface area contributed by atoms with E-state index in [4.69, 9.17) is 21.1 Å². The van der Waals surface area contributed by atoms with Gasteiger partial charge < -0.3 is 14.4 Å². The molecule has 0 heterocycles. The van der Waals surface area contributed by atoms with Crippen LogP contribution in [-0.2, 0) is 9.53 Å². The minimum atomic E-state index is -0.435. The predicted octanol–water partition coefficient (Wildman–Crippen LogP) is 2.37. The van der Waals surface area contributed by atoms with Crippen LogP contribution < -0.4 is 4.74 Å². The summed E-state index contributed by atoms with van der Waals surface area (Å²) in [4.78, 5) is 25.3. The van der Waals surface area contributed by atoms with E-state index in [1.165, 1.54) is 12.0 Å². The zero-order valence-corrected chi connectivity index (χ0v) is 12.6. The Labute approximate surface area is 123 Å². The average Bonchev–Trinajstić information content (AvgIpc) is 2.44. The minimum absolute atomic E-state index is 0.0883. The molecule has 0 atom stereocenters. The third kappa shape index (κ3) is 4.13. The van der Waals surface area contributed by atoms with Crippen LogP contribution in [-0.4, -0.2) is 43.6 Å². The molecule has 110 valence electrons. The van der Waals surface area contributed by atoms with Crippen LogP contribution in [0.1, 0.15) is 24.2 Å². The van der Waals surface area contributed by atoms with Crippen molar-refractivity contribution in [2.45, 2.75) is 13.8 Å². The van der Waals surface area contributed by atoms with Crippen LogP contribution >= 0.6 is 11.6 Å². The first-order valence-corrected chi connectivity index (χ1v) is 6.69. The van der Waals surface area contributed by atoms with Crippen LogP contribution in [0, 0.1) is 0 Å². The fraction of sp³-hybridized carbons (Fsp3) is 0.429. The van der Waals surface area contributed by atoms with Gasteiger partial charge in [0.25, 0.3) is 5.91 Å². The Morgan fingerprint density at radius 1 is 1.30 bits per heavy atom. The number of benzene rings is 1. The highest BCUT2D eigenvalue weighted by Crippen LogP contribution is 2.24. The van der Waals surface area contributed by atoms with Crippen molar-refractivity contribution in [3.63, 3.8) is 0 Å². The second-order valence-electron chi connectivity index (χ2n) is 3.97. The average molecular weight is 300 g/mol. The van der Waals surface area contributed by atoms with E-state index in [2.05, 4.69) is 0 Å². The Morgan fingerprint density at radius 3 is 2.55 bits per heavy atom. The number of hydrogen-bond acceptors (Lipinski definition) is 4. The number of halogens is 1. The van der Waals surface area contributed by atoms with Crippen LogP contribution in [0.25, 0.3) is 0 Å². The second kappa shape index (κ2) is 7.75. The number of esters is 1. The Kier molecular flexibility index (Phi) is 6.31. The molecular formula is C14H18ClNO4. The summed E-state index contributed by atoms with van der Waals surface area (Å²) in [5, 5.41) is 0.479. The molecule has 5 nitrogen and oxygen atoms in total. The number of rotatable bonds is 6. The van der Waals surface area contributed by atoms with Gasteiger partial charge in [-0.25, -0.2) is 0 Å². The number of carbonyl (C=O) groups is 2. The summed E-state index contributed by atoms with van der Waals surface area (Å²) in [6.07, 6.45) is 0. The van der Waals surface area contributed by atoms with Crippen molar-refractivity contribution in [3.8, 4) is 5.75 Å². The van der Waals surface area contributed by atoms with Crippen molar-refractivity contribution >= 4 is 23.5 Å². The maximum atomic E-state index is 12.4. The van der Waals surface area contributed by atoms with Crippen LogP contribution in [0.4, 0.5) is 0 Å². The van der Waals surface area contributed by atoms with Crippen LogP contribution in [0.15, 0.2) is 18.2 Å². The monoisotopic (exact) mass is 299 g/mol. The summed E-state index contributed by atoms with van der Waals surface area (Å²) in [5.74, 6) is -0.352. The number of likely N-dealkylation sites (N-methyl/N-ethyl adjacent to an activating group) is 1. The number of nitrogens with zero attached hydrogens (tertiary/aromatic N) is 1. The second-order valence-corrected chi connectivity index (χ2v) is 4.41. The largest absolute Gasteiger partial charge is 0.496 e. The van der Waals surface area contributed by atoms with E-state index < -0.39 is 5.97 Å². The lowest BCUT2D eigenvalue weighted by atomic mass is 10.1. The zero-order valence-electron chi connectivity index (χ0n) is 11.8. The Morgan fingerprint density at radius 2 is 2.00 bits per heavy atom. The van der Waals surface area contributed by atoms with E-state index >= 15 is 0 Å². The van der Waals surface area contributed by atoms with Crippen molar-refractivity contribution in [2.24, 2.45) is 0 Å². The maximum absolute atomic E-state index is 12.4. The van der Waals surface area contributed by atoms with Gasteiger partial charge in [0.15, 0.2) is 0 Å². The van der Waals surface area contributed by atoms with Gasteiger partial charge in [-0.1, -0.05) is 11.6 Å². The molecule has 0 saturated heterocycles. The van der Waals surface area contributed by atoms with Crippen LogP contribution in [0.5, 0.6) is 5.75 Å². The Balaban J connectivity index is 2.93. The number of methoxy groups -OCH3 is 1. The Hall–Kier alpha value is -1.75. The highest BCUT2D eigenvalue weighted by Gasteiger charge is 2.21. The van der Waals surface area contributed by atoms with E-state index in [0.717, 1.165) is 0 Å². The van der Waals surface area contributed by atoms with Crippen LogP contribution in [0.3, 0.4) is 0 Å². The van der Waals surface area contributed by atoms with E-state index in [-0.39, 0.29) is 19.1 Å². The molecular weight excluding hydrogens is 282 g/mol. The SMILES string of the molecule is CCOC(=O)CN(CC)C(=O)c1ccc(Cl)cc1OC.